The van der Waals surface area contributed by atoms with Crippen LogP contribution in [0.2, 0.25) is 0 Å². The number of likely N-dealkylation sites (tertiary alicyclic amines) is 1. The molecule has 1 heterocycles. The van der Waals surface area contributed by atoms with Crippen LogP contribution in [0.15, 0.2) is 12.1 Å². The summed E-state index contributed by atoms with van der Waals surface area (Å²) in [4.78, 5) is 2.40. The van der Waals surface area contributed by atoms with E-state index in [1.807, 2.05) is 0 Å². The molecule has 100 valence electrons. The Morgan fingerprint density at radius 3 is 2.67 bits per heavy atom. The molecule has 1 aliphatic rings. The van der Waals surface area contributed by atoms with Crippen molar-refractivity contribution in [3.05, 3.63) is 23.8 Å². The molecule has 1 aromatic rings. The average molecular weight is 255 g/mol. The molecule has 1 aromatic carbocycles. The Hall–Kier alpha value is -1.36. The van der Waals surface area contributed by atoms with Crippen LogP contribution in [0.25, 0.3) is 0 Å². The van der Waals surface area contributed by atoms with Gasteiger partial charge in [0.05, 0.1) is 11.4 Å². The van der Waals surface area contributed by atoms with Gasteiger partial charge in [0.15, 0.2) is 5.82 Å². The number of rotatable bonds is 5. The Kier molecular flexibility index (Phi) is 4.36. The van der Waals surface area contributed by atoms with Crippen molar-refractivity contribution in [1.82, 2.24) is 4.90 Å². The fraction of sp³-hybridized carbons (Fsp3) is 0.538. The van der Waals surface area contributed by atoms with Crippen LogP contribution in [-0.2, 0) is 0 Å². The van der Waals surface area contributed by atoms with Gasteiger partial charge in [-0.25, -0.2) is 8.78 Å². The third-order valence-electron chi connectivity index (χ3n) is 3.26. The highest BCUT2D eigenvalue weighted by Crippen LogP contribution is 2.23. The van der Waals surface area contributed by atoms with Crippen molar-refractivity contribution >= 4 is 11.4 Å². The minimum absolute atomic E-state index is 0.0161. The Bertz CT molecular complexity index is 403. The highest BCUT2D eigenvalue weighted by atomic mass is 19.1. The monoisotopic (exact) mass is 255 g/mol. The molecular formula is C13H19F2N3. The van der Waals surface area contributed by atoms with Crippen LogP contribution in [0.4, 0.5) is 20.2 Å². The first-order valence-corrected chi connectivity index (χ1v) is 6.37. The lowest BCUT2D eigenvalue weighted by Crippen LogP contribution is -2.22. The summed E-state index contributed by atoms with van der Waals surface area (Å²) in [5, 5.41) is 2.99. The summed E-state index contributed by atoms with van der Waals surface area (Å²) < 4.78 is 26.2. The summed E-state index contributed by atoms with van der Waals surface area (Å²) in [7, 11) is 0. The highest BCUT2D eigenvalue weighted by Gasteiger charge is 2.11. The molecule has 1 fully saturated rings. The normalized spacial score (nSPS) is 16.1. The van der Waals surface area contributed by atoms with Crippen molar-refractivity contribution < 1.29 is 8.78 Å². The molecule has 3 nitrogen and oxygen atoms in total. The van der Waals surface area contributed by atoms with E-state index in [2.05, 4.69) is 10.2 Å². The lowest BCUT2D eigenvalue weighted by atomic mass is 10.2. The van der Waals surface area contributed by atoms with Crippen molar-refractivity contribution in [3.8, 4) is 0 Å². The molecule has 0 amide bonds. The van der Waals surface area contributed by atoms with Gasteiger partial charge < -0.3 is 16.0 Å². The van der Waals surface area contributed by atoms with Crippen molar-refractivity contribution in [1.29, 1.82) is 0 Å². The fourth-order valence-electron chi connectivity index (χ4n) is 2.26. The van der Waals surface area contributed by atoms with E-state index in [1.54, 1.807) is 0 Å². The fourth-order valence-corrected chi connectivity index (χ4v) is 2.26. The Labute approximate surface area is 106 Å². The summed E-state index contributed by atoms with van der Waals surface area (Å²) in [5.74, 6) is -1.32. The first-order valence-electron chi connectivity index (χ1n) is 6.37. The number of nitrogen functional groups attached to an aromatic ring is 1. The van der Waals surface area contributed by atoms with Crippen LogP contribution in [0, 0.1) is 11.6 Å². The van der Waals surface area contributed by atoms with Crippen molar-refractivity contribution in [2.24, 2.45) is 0 Å². The van der Waals surface area contributed by atoms with E-state index in [0.717, 1.165) is 32.1 Å². The molecule has 0 aliphatic carbocycles. The van der Waals surface area contributed by atoms with Gasteiger partial charge >= 0.3 is 0 Å². The molecule has 1 saturated heterocycles. The molecular weight excluding hydrogens is 236 g/mol. The van der Waals surface area contributed by atoms with Crippen molar-refractivity contribution in [3.63, 3.8) is 0 Å². The summed E-state index contributed by atoms with van der Waals surface area (Å²) in [6, 6.07) is 2.03. The minimum Gasteiger partial charge on any atom is -0.395 e. The predicted octanol–water partition coefficient (Wildman–Crippen LogP) is 2.44. The number of nitrogens with two attached hydrogens (primary N) is 1. The molecule has 0 aromatic heterocycles. The smallest absolute Gasteiger partial charge is 0.151 e. The van der Waals surface area contributed by atoms with Crippen LogP contribution in [0.1, 0.15) is 19.3 Å². The molecule has 0 spiro atoms. The lowest BCUT2D eigenvalue weighted by Gasteiger charge is -2.15. The van der Waals surface area contributed by atoms with Gasteiger partial charge in [0.2, 0.25) is 0 Å². The van der Waals surface area contributed by atoms with E-state index in [9.17, 15) is 8.78 Å². The zero-order valence-corrected chi connectivity index (χ0v) is 10.4. The van der Waals surface area contributed by atoms with E-state index < -0.39 is 11.6 Å². The van der Waals surface area contributed by atoms with Crippen LogP contribution >= 0.6 is 0 Å². The molecule has 2 rings (SSSR count). The molecule has 0 bridgehead atoms. The minimum atomic E-state index is -0.711. The molecule has 0 atom stereocenters. The first-order chi connectivity index (χ1) is 8.66. The number of anilines is 2. The van der Waals surface area contributed by atoms with Gasteiger partial charge in [-0.2, -0.15) is 0 Å². The SMILES string of the molecule is Nc1c(F)cc(F)cc1NCCCN1CCCC1. The van der Waals surface area contributed by atoms with Crippen LogP contribution in [0.3, 0.4) is 0 Å². The number of halogens is 2. The topological polar surface area (TPSA) is 41.3 Å². The maximum Gasteiger partial charge on any atom is 0.151 e. The summed E-state index contributed by atoms with van der Waals surface area (Å²) in [6.07, 6.45) is 3.49. The molecule has 0 radical (unpaired) electrons. The van der Waals surface area contributed by atoms with Crippen molar-refractivity contribution in [2.75, 3.05) is 37.2 Å². The number of hydrogen-bond donors (Lipinski definition) is 2. The van der Waals surface area contributed by atoms with E-state index in [-0.39, 0.29) is 5.69 Å². The average Bonchev–Trinajstić information content (AvgIpc) is 2.83. The highest BCUT2D eigenvalue weighted by molar-refractivity contribution is 5.66. The number of benzene rings is 1. The summed E-state index contributed by atoms with van der Waals surface area (Å²) >= 11 is 0. The second-order valence-electron chi connectivity index (χ2n) is 4.68. The maximum absolute atomic E-state index is 13.2. The van der Waals surface area contributed by atoms with Gasteiger partial charge in [-0.1, -0.05) is 0 Å². The Balaban J connectivity index is 1.79. The molecule has 5 heteroatoms. The van der Waals surface area contributed by atoms with Gasteiger partial charge in [-0.15, -0.1) is 0 Å². The zero-order valence-electron chi connectivity index (χ0n) is 10.4. The summed E-state index contributed by atoms with van der Waals surface area (Å²) in [5.41, 5.74) is 5.87. The predicted molar refractivity (Wildman–Crippen MR) is 69.6 cm³/mol. The first kappa shape index (κ1) is 13.1. The second-order valence-corrected chi connectivity index (χ2v) is 4.68. The van der Waals surface area contributed by atoms with Crippen LogP contribution < -0.4 is 11.1 Å². The molecule has 18 heavy (non-hydrogen) atoms. The number of hydrogen-bond acceptors (Lipinski definition) is 3. The van der Waals surface area contributed by atoms with E-state index in [4.69, 9.17) is 5.73 Å². The van der Waals surface area contributed by atoms with E-state index >= 15 is 0 Å². The van der Waals surface area contributed by atoms with Gasteiger partial charge in [0.1, 0.15) is 5.82 Å². The van der Waals surface area contributed by atoms with Crippen molar-refractivity contribution in [2.45, 2.75) is 19.3 Å². The standard InChI is InChI=1S/C13H19F2N3/c14-10-8-11(15)13(16)12(9-10)17-4-3-7-18-5-1-2-6-18/h8-9,17H,1-7,16H2. The number of nitrogens with one attached hydrogen (secondary N) is 1. The Morgan fingerprint density at radius 1 is 1.22 bits per heavy atom. The molecule has 0 unspecified atom stereocenters. The van der Waals surface area contributed by atoms with E-state index in [0.29, 0.717) is 12.2 Å². The van der Waals surface area contributed by atoms with Gasteiger partial charge in [0.25, 0.3) is 0 Å². The quantitative estimate of drug-likeness (QED) is 0.627. The van der Waals surface area contributed by atoms with Gasteiger partial charge in [0, 0.05) is 12.6 Å². The van der Waals surface area contributed by atoms with Gasteiger partial charge in [-0.05, 0) is 45.0 Å². The second kappa shape index (κ2) is 6.00. The van der Waals surface area contributed by atoms with Crippen LogP contribution in [0.5, 0.6) is 0 Å². The summed E-state index contributed by atoms with van der Waals surface area (Å²) in [6.45, 7) is 4.02. The van der Waals surface area contributed by atoms with Gasteiger partial charge in [-0.3, -0.25) is 0 Å². The third kappa shape index (κ3) is 3.32. The van der Waals surface area contributed by atoms with Crippen LogP contribution in [-0.4, -0.2) is 31.1 Å². The van der Waals surface area contributed by atoms with E-state index in [1.165, 1.54) is 18.9 Å². The molecule has 1 aliphatic heterocycles. The zero-order chi connectivity index (χ0) is 13.0. The maximum atomic E-state index is 13.2. The lowest BCUT2D eigenvalue weighted by molar-refractivity contribution is 0.337. The molecule has 3 N–H and O–H groups in total. The Morgan fingerprint density at radius 2 is 1.94 bits per heavy atom. The largest absolute Gasteiger partial charge is 0.395 e. The molecule has 0 saturated carbocycles. The number of nitrogens with zero attached hydrogens (tertiary/aromatic N) is 1. The third-order valence-corrected chi connectivity index (χ3v) is 3.26.